The van der Waals surface area contributed by atoms with E-state index in [-0.39, 0.29) is 17.9 Å². The first kappa shape index (κ1) is 17.7. The maximum absolute atomic E-state index is 10.8. The Kier molecular flexibility index (Phi) is 8.01. The van der Waals surface area contributed by atoms with Crippen molar-refractivity contribution in [2.45, 2.75) is 33.0 Å². The second kappa shape index (κ2) is 9.53. The number of carbonyl (C=O) groups excluding carboxylic acids is 1. The lowest BCUT2D eigenvalue weighted by Gasteiger charge is -2.22. The summed E-state index contributed by atoms with van der Waals surface area (Å²) in [7, 11) is 3.31. The molecule has 0 heterocycles. The Morgan fingerprint density at radius 1 is 1.14 bits per heavy atom. The standard InChI is InChI=1S/C17H26O4/c1-13(14(2)10-18)9-17(12-19-3)21-11-15-5-7-16(20-4)8-6-15/h5-8,10,13-14,17H,9,11-12H2,1-4H3/t13-,14-,17-/m1/s1. The molecular formula is C17H26O4. The smallest absolute Gasteiger partial charge is 0.123 e. The summed E-state index contributed by atoms with van der Waals surface area (Å²) in [5.74, 6) is 1.15. The van der Waals surface area contributed by atoms with Crippen LogP contribution in [0.1, 0.15) is 25.8 Å². The number of aldehydes is 1. The molecular weight excluding hydrogens is 268 g/mol. The highest BCUT2D eigenvalue weighted by atomic mass is 16.5. The summed E-state index contributed by atoms with van der Waals surface area (Å²) >= 11 is 0. The van der Waals surface area contributed by atoms with Gasteiger partial charge in [-0.25, -0.2) is 0 Å². The Balaban J connectivity index is 2.51. The zero-order valence-electron chi connectivity index (χ0n) is 13.4. The predicted octanol–water partition coefficient (Wildman–Crippen LogP) is 3.09. The van der Waals surface area contributed by atoms with Gasteiger partial charge in [-0.05, 0) is 30.0 Å². The molecule has 1 rings (SSSR count). The van der Waals surface area contributed by atoms with Crippen molar-refractivity contribution < 1.29 is 19.0 Å². The molecule has 4 heteroatoms. The lowest BCUT2D eigenvalue weighted by Crippen LogP contribution is -2.24. The van der Waals surface area contributed by atoms with Crippen molar-refractivity contribution in [3.63, 3.8) is 0 Å². The van der Waals surface area contributed by atoms with Crippen LogP contribution in [0, 0.1) is 11.8 Å². The van der Waals surface area contributed by atoms with Gasteiger partial charge in [0.1, 0.15) is 12.0 Å². The first-order valence-corrected chi connectivity index (χ1v) is 7.29. The number of methoxy groups -OCH3 is 2. The zero-order chi connectivity index (χ0) is 15.7. The summed E-state index contributed by atoms with van der Waals surface area (Å²) in [5.41, 5.74) is 1.09. The molecule has 1 aromatic carbocycles. The van der Waals surface area contributed by atoms with Crippen LogP contribution in [0.15, 0.2) is 24.3 Å². The molecule has 1 aromatic rings. The Morgan fingerprint density at radius 2 is 1.81 bits per heavy atom. The molecule has 0 aromatic heterocycles. The summed E-state index contributed by atoms with van der Waals surface area (Å²) in [6.45, 7) is 5.07. The second-order valence-corrected chi connectivity index (χ2v) is 5.44. The third-order valence-electron chi connectivity index (χ3n) is 3.74. The fraction of sp³-hybridized carbons (Fsp3) is 0.588. The minimum absolute atomic E-state index is 0.00509. The number of benzene rings is 1. The van der Waals surface area contributed by atoms with Crippen LogP contribution in [0.25, 0.3) is 0 Å². The predicted molar refractivity (Wildman–Crippen MR) is 82.5 cm³/mol. The van der Waals surface area contributed by atoms with Crippen molar-refractivity contribution in [3.8, 4) is 5.75 Å². The molecule has 0 saturated heterocycles. The number of carbonyl (C=O) groups is 1. The van der Waals surface area contributed by atoms with Gasteiger partial charge in [0.2, 0.25) is 0 Å². The number of ether oxygens (including phenoxy) is 3. The van der Waals surface area contributed by atoms with Gasteiger partial charge in [0.05, 0.1) is 26.4 Å². The van der Waals surface area contributed by atoms with Gasteiger partial charge in [-0.15, -0.1) is 0 Å². The van der Waals surface area contributed by atoms with Crippen molar-refractivity contribution in [2.24, 2.45) is 11.8 Å². The number of rotatable bonds is 10. The van der Waals surface area contributed by atoms with E-state index in [1.807, 2.05) is 31.2 Å². The molecule has 0 aliphatic heterocycles. The van der Waals surface area contributed by atoms with Crippen LogP contribution in [0.4, 0.5) is 0 Å². The van der Waals surface area contributed by atoms with Crippen molar-refractivity contribution in [3.05, 3.63) is 29.8 Å². The quantitative estimate of drug-likeness (QED) is 0.622. The lowest BCUT2D eigenvalue weighted by molar-refractivity contribution is -0.112. The normalized spacial score (nSPS) is 15.2. The van der Waals surface area contributed by atoms with E-state index >= 15 is 0 Å². The highest BCUT2D eigenvalue weighted by Crippen LogP contribution is 2.19. The first-order chi connectivity index (χ1) is 10.1. The largest absolute Gasteiger partial charge is 0.497 e. The number of hydrogen-bond donors (Lipinski definition) is 0. The van der Waals surface area contributed by atoms with Crippen LogP contribution in [-0.2, 0) is 20.9 Å². The SMILES string of the molecule is COC[C@@H](C[C@@H](C)[C@H](C)C=O)OCc1ccc(OC)cc1. The van der Waals surface area contributed by atoms with E-state index in [1.165, 1.54) is 0 Å². The molecule has 4 nitrogen and oxygen atoms in total. The van der Waals surface area contributed by atoms with E-state index in [0.29, 0.717) is 13.2 Å². The van der Waals surface area contributed by atoms with Crippen LogP contribution >= 0.6 is 0 Å². The Hall–Kier alpha value is -1.39. The maximum atomic E-state index is 10.8. The van der Waals surface area contributed by atoms with Crippen LogP contribution in [0.3, 0.4) is 0 Å². The molecule has 0 bridgehead atoms. The third kappa shape index (κ3) is 6.27. The highest BCUT2D eigenvalue weighted by molar-refractivity contribution is 5.53. The molecule has 0 spiro atoms. The summed E-state index contributed by atoms with van der Waals surface area (Å²) in [6.07, 6.45) is 1.80. The first-order valence-electron chi connectivity index (χ1n) is 7.29. The van der Waals surface area contributed by atoms with Crippen LogP contribution in [0.2, 0.25) is 0 Å². The van der Waals surface area contributed by atoms with E-state index in [2.05, 4.69) is 6.92 Å². The fourth-order valence-electron chi connectivity index (χ4n) is 2.07. The van der Waals surface area contributed by atoms with Crippen LogP contribution < -0.4 is 4.74 Å². The molecule has 0 aliphatic carbocycles. The van der Waals surface area contributed by atoms with Gasteiger partial charge in [0, 0.05) is 13.0 Å². The van der Waals surface area contributed by atoms with Crippen molar-refractivity contribution in [2.75, 3.05) is 20.8 Å². The Bertz CT molecular complexity index is 402. The summed E-state index contributed by atoms with van der Waals surface area (Å²) in [5, 5.41) is 0. The second-order valence-electron chi connectivity index (χ2n) is 5.44. The van der Waals surface area contributed by atoms with Gasteiger partial charge < -0.3 is 19.0 Å². The van der Waals surface area contributed by atoms with Crippen LogP contribution in [-0.4, -0.2) is 33.2 Å². The third-order valence-corrected chi connectivity index (χ3v) is 3.74. The summed E-state index contributed by atoms with van der Waals surface area (Å²) in [4.78, 5) is 10.8. The molecule has 0 radical (unpaired) electrons. The molecule has 0 N–H and O–H groups in total. The molecule has 118 valence electrons. The van der Waals surface area contributed by atoms with E-state index < -0.39 is 0 Å². The highest BCUT2D eigenvalue weighted by Gasteiger charge is 2.18. The molecule has 0 saturated carbocycles. The monoisotopic (exact) mass is 294 g/mol. The summed E-state index contributed by atoms with van der Waals surface area (Å²) in [6, 6.07) is 7.81. The molecule has 0 unspecified atom stereocenters. The van der Waals surface area contributed by atoms with Crippen molar-refractivity contribution >= 4 is 6.29 Å². The molecule has 0 amide bonds. The van der Waals surface area contributed by atoms with E-state index in [1.54, 1.807) is 14.2 Å². The number of hydrogen-bond acceptors (Lipinski definition) is 4. The Labute approximate surface area is 127 Å². The van der Waals surface area contributed by atoms with Gasteiger partial charge in [-0.2, -0.15) is 0 Å². The molecule has 0 aliphatic rings. The average molecular weight is 294 g/mol. The summed E-state index contributed by atoms with van der Waals surface area (Å²) < 4.78 is 16.3. The molecule has 21 heavy (non-hydrogen) atoms. The lowest BCUT2D eigenvalue weighted by atomic mass is 9.92. The van der Waals surface area contributed by atoms with Gasteiger partial charge in [0.25, 0.3) is 0 Å². The molecule has 0 fully saturated rings. The van der Waals surface area contributed by atoms with Crippen LogP contribution in [0.5, 0.6) is 5.75 Å². The van der Waals surface area contributed by atoms with E-state index in [9.17, 15) is 4.79 Å². The minimum Gasteiger partial charge on any atom is -0.497 e. The fourth-order valence-corrected chi connectivity index (χ4v) is 2.07. The van der Waals surface area contributed by atoms with Gasteiger partial charge in [-0.3, -0.25) is 0 Å². The van der Waals surface area contributed by atoms with Crippen molar-refractivity contribution in [1.29, 1.82) is 0 Å². The minimum atomic E-state index is -0.00509. The zero-order valence-corrected chi connectivity index (χ0v) is 13.4. The average Bonchev–Trinajstić information content (AvgIpc) is 2.52. The maximum Gasteiger partial charge on any atom is 0.123 e. The Morgan fingerprint density at radius 3 is 2.33 bits per heavy atom. The van der Waals surface area contributed by atoms with Gasteiger partial charge in [-0.1, -0.05) is 26.0 Å². The van der Waals surface area contributed by atoms with Gasteiger partial charge in [0.15, 0.2) is 0 Å². The van der Waals surface area contributed by atoms with Gasteiger partial charge >= 0.3 is 0 Å². The molecule has 3 atom stereocenters. The topological polar surface area (TPSA) is 44.8 Å². The van der Waals surface area contributed by atoms with Crippen molar-refractivity contribution in [1.82, 2.24) is 0 Å². The van der Waals surface area contributed by atoms with E-state index in [0.717, 1.165) is 24.0 Å². The van der Waals surface area contributed by atoms with E-state index in [4.69, 9.17) is 14.2 Å².